The average molecular weight is 438 g/mol. The van der Waals surface area contributed by atoms with Crippen molar-refractivity contribution in [2.45, 2.75) is 30.7 Å². The van der Waals surface area contributed by atoms with Crippen LogP contribution in [-0.4, -0.2) is 86.1 Å². The number of ether oxygens (including phenoxy) is 2. The molecule has 1 aliphatic heterocycles. The van der Waals surface area contributed by atoms with Gasteiger partial charge in [-0.1, -0.05) is 31.9 Å². The molecule has 0 aromatic carbocycles. The number of halogens is 2. The molecule has 0 bridgehead atoms. The van der Waals surface area contributed by atoms with Crippen LogP contribution in [-0.2, 0) is 14.3 Å². The minimum atomic E-state index is -1.76. The van der Waals surface area contributed by atoms with Crippen LogP contribution in [0.3, 0.4) is 0 Å². The number of carboxylic acids is 1. The van der Waals surface area contributed by atoms with E-state index in [1.165, 1.54) is 0 Å². The van der Waals surface area contributed by atoms with Gasteiger partial charge in [0, 0.05) is 16.1 Å². The quantitative estimate of drug-likeness (QED) is 0.309. The Morgan fingerprint density at radius 3 is 2.14 bits per heavy atom. The molecule has 0 spiro atoms. The van der Waals surface area contributed by atoms with Crippen LogP contribution in [0.5, 0.6) is 0 Å². The van der Waals surface area contributed by atoms with E-state index in [0.717, 1.165) is 0 Å². The molecule has 0 aromatic rings. The van der Waals surface area contributed by atoms with Gasteiger partial charge in [0.1, 0.15) is 18.3 Å². The summed E-state index contributed by atoms with van der Waals surface area (Å²) in [7, 11) is 0. The third kappa shape index (κ3) is 4.35. The lowest BCUT2D eigenvalue weighted by molar-refractivity contribution is -0.298. The van der Waals surface area contributed by atoms with Crippen molar-refractivity contribution in [3.8, 4) is 0 Å². The minimum absolute atomic E-state index is 0.0586. The van der Waals surface area contributed by atoms with Gasteiger partial charge in [0.2, 0.25) is 0 Å². The first-order valence-electron chi connectivity index (χ1n) is 6.09. The second kappa shape index (κ2) is 8.16. The zero-order valence-electron chi connectivity index (χ0n) is 10.9. The number of hydrogen-bond acceptors (Lipinski definition) is 7. The Kier molecular flexibility index (Phi) is 7.47. The van der Waals surface area contributed by atoms with Crippen LogP contribution in [0, 0.1) is 5.41 Å². The molecule has 1 aliphatic rings. The van der Waals surface area contributed by atoms with Crippen LogP contribution < -0.4 is 0 Å². The lowest BCUT2D eigenvalue weighted by atomic mass is 9.95. The number of aliphatic hydroxyl groups is 4. The normalized spacial score (nSPS) is 33.9. The van der Waals surface area contributed by atoms with Crippen molar-refractivity contribution in [3.05, 3.63) is 0 Å². The molecule has 124 valence electrons. The Morgan fingerprint density at radius 2 is 1.71 bits per heavy atom. The number of rotatable bonds is 7. The van der Waals surface area contributed by atoms with Crippen molar-refractivity contribution < 1.29 is 39.8 Å². The van der Waals surface area contributed by atoms with E-state index in [0.29, 0.717) is 10.7 Å². The Hall–Kier alpha value is 0.190. The van der Waals surface area contributed by atoms with Gasteiger partial charge in [0.05, 0.1) is 13.2 Å². The summed E-state index contributed by atoms with van der Waals surface area (Å²) in [4.78, 5) is 10.9. The molecular weight excluding hydrogens is 420 g/mol. The fourth-order valence-electron chi connectivity index (χ4n) is 1.69. The second-order valence-electron chi connectivity index (χ2n) is 4.97. The molecule has 1 heterocycles. The van der Waals surface area contributed by atoms with Crippen LogP contribution in [0.4, 0.5) is 0 Å². The molecule has 0 aliphatic carbocycles. The van der Waals surface area contributed by atoms with E-state index in [9.17, 15) is 25.2 Å². The molecular formula is C11H18Br2O8. The molecule has 1 saturated heterocycles. The molecule has 0 amide bonds. The van der Waals surface area contributed by atoms with Crippen LogP contribution in [0.1, 0.15) is 0 Å². The Labute approximate surface area is 137 Å². The summed E-state index contributed by atoms with van der Waals surface area (Å²) < 4.78 is 10.3. The van der Waals surface area contributed by atoms with E-state index in [4.69, 9.17) is 14.6 Å². The van der Waals surface area contributed by atoms with E-state index in [-0.39, 0.29) is 13.2 Å². The van der Waals surface area contributed by atoms with Crippen LogP contribution in [0.2, 0.25) is 0 Å². The summed E-state index contributed by atoms with van der Waals surface area (Å²) in [5, 5.41) is 48.0. The van der Waals surface area contributed by atoms with E-state index < -0.39 is 42.1 Å². The average Bonchev–Trinajstić information content (AvgIpc) is 2.48. The molecule has 0 unspecified atom stereocenters. The first-order valence-corrected chi connectivity index (χ1v) is 8.33. The fraction of sp³-hybridized carbons (Fsp3) is 0.909. The maximum absolute atomic E-state index is 10.9. The summed E-state index contributed by atoms with van der Waals surface area (Å²) in [6, 6.07) is 0. The van der Waals surface area contributed by atoms with Crippen molar-refractivity contribution in [2.24, 2.45) is 5.41 Å². The van der Waals surface area contributed by atoms with Gasteiger partial charge >= 0.3 is 5.97 Å². The van der Waals surface area contributed by atoms with Gasteiger partial charge in [-0.15, -0.1) is 0 Å². The van der Waals surface area contributed by atoms with E-state index in [2.05, 4.69) is 31.9 Å². The summed E-state index contributed by atoms with van der Waals surface area (Å²) >= 11 is 6.47. The van der Waals surface area contributed by atoms with E-state index in [1.807, 2.05) is 0 Å². The van der Waals surface area contributed by atoms with Crippen molar-refractivity contribution >= 4 is 37.8 Å². The highest BCUT2D eigenvalue weighted by atomic mass is 79.9. The monoisotopic (exact) mass is 436 g/mol. The zero-order valence-corrected chi connectivity index (χ0v) is 14.1. The lowest BCUT2D eigenvalue weighted by Crippen LogP contribution is -2.60. The predicted molar refractivity (Wildman–Crippen MR) is 77.4 cm³/mol. The van der Waals surface area contributed by atoms with Gasteiger partial charge in [-0.2, -0.15) is 0 Å². The van der Waals surface area contributed by atoms with Crippen molar-refractivity contribution in [3.63, 3.8) is 0 Å². The molecule has 10 heteroatoms. The number of carbonyl (C=O) groups is 1. The molecule has 0 radical (unpaired) electrons. The molecule has 5 atom stereocenters. The number of aliphatic carboxylic acids is 1. The van der Waals surface area contributed by atoms with Gasteiger partial charge in [0.25, 0.3) is 0 Å². The predicted octanol–water partition coefficient (Wildman–Crippen LogP) is -1.34. The Morgan fingerprint density at radius 1 is 1.14 bits per heavy atom. The molecule has 8 nitrogen and oxygen atoms in total. The highest BCUT2D eigenvalue weighted by molar-refractivity contribution is 9.09. The SMILES string of the molecule is O=C(O)[C@@H]1O[C@H](OCC(CO)(CBr)CBr)[C@H](O)[C@H](O)[C@H]1O. The maximum Gasteiger partial charge on any atom is 0.335 e. The largest absolute Gasteiger partial charge is 0.479 e. The molecule has 21 heavy (non-hydrogen) atoms. The van der Waals surface area contributed by atoms with Crippen molar-refractivity contribution in [2.75, 3.05) is 23.9 Å². The smallest absolute Gasteiger partial charge is 0.335 e. The van der Waals surface area contributed by atoms with Crippen LogP contribution in [0.25, 0.3) is 0 Å². The van der Waals surface area contributed by atoms with E-state index in [1.54, 1.807) is 0 Å². The highest BCUT2D eigenvalue weighted by Gasteiger charge is 2.48. The molecule has 0 saturated carbocycles. The van der Waals surface area contributed by atoms with Gasteiger partial charge in [0.15, 0.2) is 12.4 Å². The number of alkyl halides is 2. The highest BCUT2D eigenvalue weighted by Crippen LogP contribution is 2.27. The van der Waals surface area contributed by atoms with Gasteiger partial charge in [-0.25, -0.2) is 4.79 Å². The summed E-state index contributed by atoms with van der Waals surface area (Å²) in [5.41, 5.74) is -0.692. The standard InChI is InChI=1S/C11H18Br2O8/c12-1-11(2-13,3-14)4-20-10-7(17)5(15)6(16)8(21-10)9(18)19/h5-8,10,14-17H,1-4H2,(H,18,19)/t5-,6-,7-,8-,10+/m1/s1. The maximum atomic E-state index is 10.9. The first-order chi connectivity index (χ1) is 9.81. The Balaban J connectivity index is 2.75. The molecule has 1 fully saturated rings. The van der Waals surface area contributed by atoms with Gasteiger partial charge < -0.3 is 35.0 Å². The zero-order chi connectivity index (χ0) is 16.2. The van der Waals surface area contributed by atoms with Gasteiger partial charge in [-0.05, 0) is 0 Å². The third-order valence-electron chi connectivity index (χ3n) is 3.27. The molecule has 0 aromatic heterocycles. The summed E-state index contributed by atoms with van der Waals surface area (Å²) in [6.07, 6.45) is -8.19. The number of aliphatic hydroxyl groups excluding tert-OH is 4. The van der Waals surface area contributed by atoms with Crippen LogP contribution >= 0.6 is 31.9 Å². The van der Waals surface area contributed by atoms with Crippen molar-refractivity contribution in [1.82, 2.24) is 0 Å². The summed E-state index contributed by atoms with van der Waals surface area (Å²) in [6.45, 7) is -0.281. The van der Waals surface area contributed by atoms with E-state index >= 15 is 0 Å². The fourth-order valence-corrected chi connectivity index (χ4v) is 3.30. The summed E-state index contributed by atoms with van der Waals surface area (Å²) in [5.74, 6) is -1.48. The topological polar surface area (TPSA) is 137 Å². The first kappa shape index (κ1) is 19.2. The van der Waals surface area contributed by atoms with Gasteiger partial charge in [-0.3, -0.25) is 0 Å². The number of carboxylic acid groups (broad SMARTS) is 1. The molecule has 1 rings (SSSR count). The third-order valence-corrected chi connectivity index (χ3v) is 5.65. The molecule has 5 N–H and O–H groups in total. The second-order valence-corrected chi connectivity index (χ2v) is 6.09. The number of hydrogen-bond donors (Lipinski definition) is 5. The van der Waals surface area contributed by atoms with Crippen LogP contribution in [0.15, 0.2) is 0 Å². The van der Waals surface area contributed by atoms with Crippen molar-refractivity contribution in [1.29, 1.82) is 0 Å². The lowest BCUT2D eigenvalue weighted by Gasteiger charge is -2.40. The minimum Gasteiger partial charge on any atom is -0.479 e. The Bertz CT molecular complexity index is 343.